The van der Waals surface area contributed by atoms with Crippen molar-refractivity contribution < 1.29 is 32.6 Å². The number of carbonyl (C=O) groups is 2. The standard InChI is InChI=1S/C17H17F2NO5S/c1-23-14-7-11(4-5-13(14)25-17(18)19)9-20-15(21)10-24-16(22)8-12-3-2-6-26-12/h2-7,17H,8-10H2,1H3,(H,20,21). The molecule has 1 aromatic heterocycles. The summed E-state index contributed by atoms with van der Waals surface area (Å²) in [5.74, 6) is -0.936. The predicted molar refractivity (Wildman–Crippen MR) is 90.5 cm³/mol. The van der Waals surface area contributed by atoms with Gasteiger partial charge in [0.05, 0.1) is 13.5 Å². The zero-order valence-electron chi connectivity index (χ0n) is 13.9. The van der Waals surface area contributed by atoms with Gasteiger partial charge in [0.1, 0.15) is 0 Å². The normalized spacial score (nSPS) is 10.5. The number of benzene rings is 1. The molecule has 1 aromatic carbocycles. The highest BCUT2D eigenvalue weighted by atomic mass is 32.1. The van der Waals surface area contributed by atoms with E-state index >= 15 is 0 Å². The molecule has 0 radical (unpaired) electrons. The van der Waals surface area contributed by atoms with E-state index in [1.807, 2.05) is 11.4 Å². The summed E-state index contributed by atoms with van der Waals surface area (Å²) in [7, 11) is 1.32. The number of thiophene rings is 1. The van der Waals surface area contributed by atoms with E-state index in [0.29, 0.717) is 5.56 Å². The SMILES string of the molecule is COc1cc(CNC(=O)COC(=O)Cc2cccs2)ccc1OC(F)F. The maximum Gasteiger partial charge on any atom is 0.387 e. The molecule has 1 amide bonds. The second-order valence-electron chi connectivity index (χ2n) is 5.06. The zero-order chi connectivity index (χ0) is 18.9. The number of rotatable bonds is 9. The summed E-state index contributed by atoms with van der Waals surface area (Å²) in [5, 5.41) is 4.42. The highest BCUT2D eigenvalue weighted by Gasteiger charge is 2.12. The fourth-order valence-corrected chi connectivity index (χ4v) is 2.71. The van der Waals surface area contributed by atoms with Crippen molar-refractivity contribution in [3.05, 3.63) is 46.2 Å². The van der Waals surface area contributed by atoms with Crippen LogP contribution in [0.25, 0.3) is 0 Å². The van der Waals surface area contributed by atoms with Gasteiger partial charge in [0, 0.05) is 11.4 Å². The van der Waals surface area contributed by atoms with Gasteiger partial charge >= 0.3 is 12.6 Å². The molecule has 9 heteroatoms. The summed E-state index contributed by atoms with van der Waals surface area (Å²) in [4.78, 5) is 24.2. The van der Waals surface area contributed by atoms with E-state index in [4.69, 9.17) is 9.47 Å². The minimum absolute atomic E-state index is 0.0971. The minimum Gasteiger partial charge on any atom is -0.493 e. The first-order valence-corrected chi connectivity index (χ1v) is 8.42. The van der Waals surface area contributed by atoms with E-state index in [1.54, 1.807) is 6.07 Å². The van der Waals surface area contributed by atoms with Gasteiger partial charge in [-0.1, -0.05) is 12.1 Å². The van der Waals surface area contributed by atoms with Crippen LogP contribution in [0.3, 0.4) is 0 Å². The Morgan fingerprint density at radius 3 is 2.69 bits per heavy atom. The average Bonchev–Trinajstić information content (AvgIpc) is 3.11. The number of halogens is 2. The number of hydrogen-bond donors (Lipinski definition) is 1. The van der Waals surface area contributed by atoms with Crippen molar-refractivity contribution >= 4 is 23.2 Å². The van der Waals surface area contributed by atoms with E-state index in [0.717, 1.165) is 4.88 Å². The Labute approximate surface area is 152 Å². The summed E-state index contributed by atoms with van der Waals surface area (Å²) in [6.45, 7) is -3.24. The van der Waals surface area contributed by atoms with Crippen molar-refractivity contribution in [2.45, 2.75) is 19.6 Å². The molecule has 2 aromatic rings. The third kappa shape index (κ3) is 6.32. The molecule has 0 bridgehead atoms. The van der Waals surface area contributed by atoms with Crippen LogP contribution in [0.4, 0.5) is 8.78 Å². The number of esters is 1. The van der Waals surface area contributed by atoms with Crippen LogP contribution in [-0.2, 0) is 27.3 Å². The molecule has 0 unspecified atom stereocenters. The van der Waals surface area contributed by atoms with Crippen LogP contribution in [-0.4, -0.2) is 32.2 Å². The molecule has 0 saturated heterocycles. The third-order valence-electron chi connectivity index (χ3n) is 3.20. The Morgan fingerprint density at radius 2 is 2.04 bits per heavy atom. The number of methoxy groups -OCH3 is 1. The molecule has 0 aliphatic heterocycles. The van der Waals surface area contributed by atoms with Crippen molar-refractivity contribution in [1.82, 2.24) is 5.32 Å². The van der Waals surface area contributed by atoms with Gasteiger partial charge in [-0.05, 0) is 29.1 Å². The van der Waals surface area contributed by atoms with Gasteiger partial charge in [-0.25, -0.2) is 0 Å². The smallest absolute Gasteiger partial charge is 0.387 e. The monoisotopic (exact) mass is 385 g/mol. The van der Waals surface area contributed by atoms with Gasteiger partial charge in [-0.15, -0.1) is 11.3 Å². The van der Waals surface area contributed by atoms with E-state index < -0.39 is 25.1 Å². The van der Waals surface area contributed by atoms with Crippen LogP contribution >= 0.6 is 11.3 Å². The van der Waals surface area contributed by atoms with E-state index in [-0.39, 0.29) is 24.5 Å². The first-order chi connectivity index (χ1) is 12.5. The molecule has 0 saturated carbocycles. The fraction of sp³-hybridized carbons (Fsp3) is 0.294. The lowest BCUT2D eigenvalue weighted by Crippen LogP contribution is -2.28. The number of hydrogen-bond acceptors (Lipinski definition) is 6. The Bertz CT molecular complexity index is 737. The van der Waals surface area contributed by atoms with Crippen molar-refractivity contribution in [3.63, 3.8) is 0 Å². The minimum atomic E-state index is -2.96. The van der Waals surface area contributed by atoms with Gasteiger partial charge in [0.25, 0.3) is 5.91 Å². The number of amides is 1. The average molecular weight is 385 g/mol. The molecule has 0 spiro atoms. The molecule has 1 heterocycles. The molecule has 0 fully saturated rings. The molecule has 1 N–H and O–H groups in total. The maximum absolute atomic E-state index is 12.3. The van der Waals surface area contributed by atoms with Gasteiger partial charge in [-0.3, -0.25) is 9.59 Å². The Balaban J connectivity index is 1.78. The lowest BCUT2D eigenvalue weighted by molar-refractivity contribution is -0.147. The molecule has 0 aliphatic rings. The maximum atomic E-state index is 12.3. The molecular formula is C17H17F2NO5S. The molecule has 2 rings (SSSR count). The van der Waals surface area contributed by atoms with Gasteiger partial charge in [0.15, 0.2) is 18.1 Å². The Hall–Kier alpha value is -2.68. The number of ether oxygens (including phenoxy) is 3. The summed E-state index contributed by atoms with van der Waals surface area (Å²) >= 11 is 1.43. The molecule has 0 aliphatic carbocycles. The molecule has 26 heavy (non-hydrogen) atoms. The van der Waals surface area contributed by atoms with Crippen molar-refractivity contribution in [2.24, 2.45) is 0 Å². The van der Waals surface area contributed by atoms with Crippen molar-refractivity contribution in [2.75, 3.05) is 13.7 Å². The van der Waals surface area contributed by atoms with Gasteiger partial charge in [0.2, 0.25) is 0 Å². The fourth-order valence-electron chi connectivity index (χ4n) is 2.02. The second kappa shape index (κ2) is 9.71. The molecular weight excluding hydrogens is 368 g/mol. The highest BCUT2D eigenvalue weighted by Crippen LogP contribution is 2.29. The van der Waals surface area contributed by atoms with E-state index in [9.17, 15) is 18.4 Å². The van der Waals surface area contributed by atoms with E-state index in [1.165, 1.54) is 36.6 Å². The summed E-state index contributed by atoms with van der Waals surface area (Å²) in [5.41, 5.74) is 0.613. The van der Waals surface area contributed by atoms with Crippen LogP contribution in [0, 0.1) is 0 Å². The first-order valence-electron chi connectivity index (χ1n) is 7.54. The number of carbonyl (C=O) groups excluding carboxylic acids is 2. The Kier molecular flexibility index (Phi) is 7.34. The van der Waals surface area contributed by atoms with Crippen LogP contribution in [0.2, 0.25) is 0 Å². The van der Waals surface area contributed by atoms with Gasteiger partial charge in [-0.2, -0.15) is 8.78 Å². The lowest BCUT2D eigenvalue weighted by Gasteiger charge is -2.12. The van der Waals surface area contributed by atoms with Crippen molar-refractivity contribution in [3.8, 4) is 11.5 Å². The van der Waals surface area contributed by atoms with Crippen LogP contribution in [0.15, 0.2) is 35.7 Å². The topological polar surface area (TPSA) is 73.9 Å². The van der Waals surface area contributed by atoms with Gasteiger partial charge < -0.3 is 19.5 Å². The third-order valence-corrected chi connectivity index (χ3v) is 4.07. The van der Waals surface area contributed by atoms with Crippen LogP contribution < -0.4 is 14.8 Å². The summed E-state index contributed by atoms with van der Waals surface area (Å²) in [6.07, 6.45) is 0.119. The second-order valence-corrected chi connectivity index (χ2v) is 6.09. The molecule has 140 valence electrons. The highest BCUT2D eigenvalue weighted by molar-refractivity contribution is 7.10. The van der Waals surface area contributed by atoms with Crippen LogP contribution in [0.1, 0.15) is 10.4 Å². The molecule has 0 atom stereocenters. The first kappa shape index (κ1) is 19.6. The zero-order valence-corrected chi connectivity index (χ0v) is 14.7. The quantitative estimate of drug-likeness (QED) is 0.672. The number of nitrogens with one attached hydrogen (secondary N) is 1. The summed E-state index contributed by atoms with van der Waals surface area (Å²) < 4.78 is 38.8. The van der Waals surface area contributed by atoms with E-state index in [2.05, 4.69) is 10.1 Å². The predicted octanol–water partition coefficient (Wildman–Crippen LogP) is 2.76. The summed E-state index contributed by atoms with van der Waals surface area (Å²) in [6, 6.07) is 7.95. The largest absolute Gasteiger partial charge is 0.493 e. The Morgan fingerprint density at radius 1 is 1.23 bits per heavy atom. The van der Waals surface area contributed by atoms with Crippen LogP contribution in [0.5, 0.6) is 11.5 Å². The van der Waals surface area contributed by atoms with Crippen molar-refractivity contribution in [1.29, 1.82) is 0 Å². The number of alkyl halides is 2. The lowest BCUT2D eigenvalue weighted by atomic mass is 10.2. The molecule has 6 nitrogen and oxygen atoms in total.